The molecular weight excluding hydrogens is 328 g/mol. The predicted octanol–water partition coefficient (Wildman–Crippen LogP) is 4.44. The molecule has 2 heterocycles. The number of ether oxygens (including phenoxy) is 1. The lowest BCUT2D eigenvalue weighted by atomic mass is 10.1. The van der Waals surface area contributed by atoms with Crippen molar-refractivity contribution in [3.05, 3.63) is 78.3 Å². The summed E-state index contributed by atoms with van der Waals surface area (Å²) in [6.45, 7) is 0. The average Bonchev–Trinajstić information content (AvgIpc) is 2.69. The summed E-state index contributed by atoms with van der Waals surface area (Å²) < 4.78 is 11.2. The van der Waals surface area contributed by atoms with Crippen molar-refractivity contribution in [1.29, 1.82) is 0 Å². The molecule has 2 aromatic heterocycles. The second-order valence-corrected chi connectivity index (χ2v) is 5.70. The number of benzene rings is 2. The smallest absolute Gasteiger partial charge is 0.152 e. The van der Waals surface area contributed by atoms with Crippen molar-refractivity contribution >= 4 is 16.8 Å². The minimum Gasteiger partial charge on any atom is -0.508 e. The summed E-state index contributed by atoms with van der Waals surface area (Å²) in [6.07, 6.45) is 1.69. The van der Waals surface area contributed by atoms with Crippen LogP contribution in [0.5, 0.6) is 11.5 Å². The number of hydrogen-bond acceptors (Lipinski definition) is 5. The van der Waals surface area contributed by atoms with E-state index in [9.17, 15) is 5.11 Å². The lowest BCUT2D eigenvalue weighted by Crippen LogP contribution is -2.03. The second kappa shape index (κ2) is 6.72. The maximum absolute atomic E-state index is 9.85. The molecular formula is C21H16N2O3. The average molecular weight is 344 g/mol. The Balaban J connectivity index is 1.95. The topological polar surface area (TPSA) is 67.9 Å². The third-order valence-corrected chi connectivity index (χ3v) is 3.99. The zero-order chi connectivity index (χ0) is 17.9. The van der Waals surface area contributed by atoms with Crippen molar-refractivity contribution < 1.29 is 14.3 Å². The fourth-order valence-corrected chi connectivity index (χ4v) is 2.69. The summed E-state index contributed by atoms with van der Waals surface area (Å²) >= 11 is 0. The fraction of sp³-hybridized carbons (Fsp3) is 0.0476. The standard InChI is InChI=1S/C21H16N2O3/c1-25-16-8-5-14(6-9-16)20-13-18(23-21-4-2-3-11-22-21)17-12-15(24)7-10-19(17)26-20/h2-13,24H,1H3. The highest BCUT2D eigenvalue weighted by molar-refractivity contribution is 5.80. The first-order valence-electron chi connectivity index (χ1n) is 8.10. The van der Waals surface area contributed by atoms with Gasteiger partial charge in [-0.2, -0.15) is 0 Å². The van der Waals surface area contributed by atoms with Gasteiger partial charge >= 0.3 is 0 Å². The SMILES string of the molecule is COc1ccc(-c2cc(=Nc3ccccn3)c3cc(O)ccc3o2)cc1. The van der Waals surface area contributed by atoms with Gasteiger partial charge in [0.15, 0.2) is 5.82 Å². The maximum Gasteiger partial charge on any atom is 0.152 e. The van der Waals surface area contributed by atoms with Gasteiger partial charge < -0.3 is 14.3 Å². The van der Waals surface area contributed by atoms with Crippen LogP contribution < -0.4 is 10.1 Å². The molecule has 0 amide bonds. The zero-order valence-electron chi connectivity index (χ0n) is 14.1. The van der Waals surface area contributed by atoms with Crippen LogP contribution >= 0.6 is 0 Å². The van der Waals surface area contributed by atoms with Gasteiger partial charge in [-0.3, -0.25) is 0 Å². The first-order valence-corrected chi connectivity index (χ1v) is 8.10. The molecule has 0 fully saturated rings. The molecule has 4 rings (SSSR count). The largest absolute Gasteiger partial charge is 0.508 e. The summed E-state index contributed by atoms with van der Waals surface area (Å²) in [5.41, 5.74) is 1.53. The molecule has 0 aliphatic rings. The van der Waals surface area contributed by atoms with Gasteiger partial charge in [0.05, 0.1) is 12.5 Å². The zero-order valence-corrected chi connectivity index (χ0v) is 14.1. The summed E-state index contributed by atoms with van der Waals surface area (Å²) in [4.78, 5) is 8.88. The highest BCUT2D eigenvalue weighted by Gasteiger charge is 2.07. The van der Waals surface area contributed by atoms with Crippen molar-refractivity contribution in [2.75, 3.05) is 7.11 Å². The molecule has 0 atom stereocenters. The van der Waals surface area contributed by atoms with Crippen LogP contribution in [0.2, 0.25) is 0 Å². The Morgan fingerprint density at radius 1 is 1.00 bits per heavy atom. The number of methoxy groups -OCH3 is 1. The van der Waals surface area contributed by atoms with Crippen LogP contribution in [0, 0.1) is 0 Å². The molecule has 2 aromatic carbocycles. The van der Waals surface area contributed by atoms with Gasteiger partial charge in [-0.25, -0.2) is 9.98 Å². The molecule has 0 bridgehead atoms. The van der Waals surface area contributed by atoms with E-state index in [0.29, 0.717) is 27.9 Å². The van der Waals surface area contributed by atoms with Gasteiger partial charge in [-0.1, -0.05) is 6.07 Å². The van der Waals surface area contributed by atoms with E-state index in [4.69, 9.17) is 9.15 Å². The van der Waals surface area contributed by atoms with Crippen LogP contribution in [0.15, 0.2) is 82.3 Å². The van der Waals surface area contributed by atoms with E-state index in [1.165, 1.54) is 0 Å². The highest BCUT2D eigenvalue weighted by Crippen LogP contribution is 2.26. The van der Waals surface area contributed by atoms with E-state index in [2.05, 4.69) is 9.98 Å². The number of aromatic hydroxyl groups is 1. The summed E-state index contributed by atoms with van der Waals surface area (Å²) in [6, 6.07) is 20.0. The Bertz CT molecular complexity index is 1120. The van der Waals surface area contributed by atoms with Crippen molar-refractivity contribution in [2.24, 2.45) is 4.99 Å². The Morgan fingerprint density at radius 2 is 1.85 bits per heavy atom. The van der Waals surface area contributed by atoms with Gasteiger partial charge in [0.2, 0.25) is 0 Å². The van der Waals surface area contributed by atoms with E-state index in [1.807, 2.05) is 48.5 Å². The normalized spacial score (nSPS) is 11.7. The van der Waals surface area contributed by atoms with Crippen molar-refractivity contribution in [1.82, 2.24) is 4.98 Å². The molecule has 0 saturated carbocycles. The van der Waals surface area contributed by atoms with Crippen molar-refractivity contribution in [2.45, 2.75) is 0 Å². The lowest BCUT2D eigenvalue weighted by Gasteiger charge is -2.06. The van der Waals surface area contributed by atoms with Gasteiger partial charge in [-0.15, -0.1) is 0 Å². The quantitative estimate of drug-likeness (QED) is 0.596. The molecule has 4 aromatic rings. The van der Waals surface area contributed by atoms with Gasteiger partial charge in [0, 0.05) is 23.2 Å². The first kappa shape index (κ1) is 15.9. The predicted molar refractivity (Wildman–Crippen MR) is 99.3 cm³/mol. The third kappa shape index (κ3) is 3.15. The van der Waals surface area contributed by atoms with E-state index in [1.54, 1.807) is 31.5 Å². The number of phenolic OH excluding ortho intramolecular Hbond substituents is 1. The van der Waals surface area contributed by atoms with E-state index < -0.39 is 0 Å². The molecule has 0 spiro atoms. The fourth-order valence-electron chi connectivity index (χ4n) is 2.69. The third-order valence-electron chi connectivity index (χ3n) is 3.99. The highest BCUT2D eigenvalue weighted by atomic mass is 16.5. The summed E-state index contributed by atoms with van der Waals surface area (Å²) in [5, 5.41) is 11.2. The monoisotopic (exact) mass is 344 g/mol. The second-order valence-electron chi connectivity index (χ2n) is 5.70. The number of phenols is 1. The van der Waals surface area contributed by atoms with Crippen LogP contribution in [0.3, 0.4) is 0 Å². The number of hydrogen-bond donors (Lipinski definition) is 1. The molecule has 0 saturated heterocycles. The number of fused-ring (bicyclic) bond motifs is 1. The van der Waals surface area contributed by atoms with Gasteiger partial charge in [0.25, 0.3) is 0 Å². The van der Waals surface area contributed by atoms with Crippen LogP contribution in [0.1, 0.15) is 0 Å². The molecule has 5 heteroatoms. The van der Waals surface area contributed by atoms with Crippen molar-refractivity contribution in [3.8, 4) is 22.8 Å². The van der Waals surface area contributed by atoms with Gasteiger partial charge in [-0.05, 0) is 54.6 Å². The van der Waals surface area contributed by atoms with E-state index >= 15 is 0 Å². The lowest BCUT2D eigenvalue weighted by molar-refractivity contribution is 0.415. The van der Waals surface area contributed by atoms with Crippen LogP contribution in [0.4, 0.5) is 5.82 Å². The first-order chi connectivity index (χ1) is 12.7. The van der Waals surface area contributed by atoms with Gasteiger partial charge in [0.1, 0.15) is 22.8 Å². The molecule has 0 aliphatic carbocycles. The molecule has 1 N–H and O–H groups in total. The van der Waals surface area contributed by atoms with E-state index in [-0.39, 0.29) is 5.75 Å². The Kier molecular flexibility index (Phi) is 4.11. The molecule has 128 valence electrons. The Morgan fingerprint density at radius 3 is 2.58 bits per heavy atom. The summed E-state index contributed by atoms with van der Waals surface area (Å²) in [7, 11) is 1.63. The Hall–Kier alpha value is -3.60. The van der Waals surface area contributed by atoms with Crippen LogP contribution in [-0.2, 0) is 0 Å². The minimum absolute atomic E-state index is 0.155. The molecule has 0 unspecified atom stereocenters. The molecule has 0 aliphatic heterocycles. The van der Waals surface area contributed by atoms with Crippen LogP contribution in [-0.4, -0.2) is 17.2 Å². The molecule has 0 radical (unpaired) electrons. The summed E-state index contributed by atoms with van der Waals surface area (Å²) in [5.74, 6) is 2.18. The van der Waals surface area contributed by atoms with Crippen LogP contribution in [0.25, 0.3) is 22.3 Å². The minimum atomic E-state index is 0.155. The van der Waals surface area contributed by atoms with Crippen molar-refractivity contribution in [3.63, 3.8) is 0 Å². The molecule has 5 nitrogen and oxygen atoms in total. The molecule has 26 heavy (non-hydrogen) atoms. The maximum atomic E-state index is 9.85. The number of rotatable bonds is 3. The van der Waals surface area contributed by atoms with E-state index in [0.717, 1.165) is 11.3 Å². The Labute approximate surface area is 149 Å². The number of nitrogens with zero attached hydrogens (tertiary/aromatic N) is 2. The number of aromatic nitrogens is 1. The number of pyridine rings is 1.